The van der Waals surface area contributed by atoms with Gasteiger partial charge >= 0.3 is 0 Å². The number of nitrogens with zero attached hydrogens (tertiary/aromatic N) is 1. The molecule has 0 spiro atoms. The molecule has 0 radical (unpaired) electrons. The van der Waals surface area contributed by atoms with Gasteiger partial charge in [-0.05, 0) is 49.1 Å². The zero-order chi connectivity index (χ0) is 15.5. The first-order chi connectivity index (χ1) is 10.7. The van der Waals surface area contributed by atoms with Crippen LogP contribution in [0.1, 0.15) is 49.8 Å². The summed E-state index contributed by atoms with van der Waals surface area (Å²) in [6.45, 7) is 4.33. The molecule has 120 valence electrons. The third-order valence-corrected chi connectivity index (χ3v) is 4.87. The molecule has 1 unspecified atom stereocenters. The Morgan fingerprint density at radius 3 is 2.73 bits per heavy atom. The molecule has 1 saturated carbocycles. The molecule has 2 aliphatic rings. The summed E-state index contributed by atoms with van der Waals surface area (Å²) in [5.74, 6) is 1.93. The molecule has 1 saturated heterocycles. The zero-order valence-corrected chi connectivity index (χ0v) is 13.2. The van der Waals surface area contributed by atoms with Crippen LogP contribution in [0.3, 0.4) is 0 Å². The van der Waals surface area contributed by atoms with Gasteiger partial charge < -0.3 is 15.8 Å². The number of aromatic nitrogens is 1. The second-order valence-electron chi connectivity index (χ2n) is 6.44. The van der Waals surface area contributed by atoms with E-state index in [1.807, 2.05) is 6.07 Å². The van der Waals surface area contributed by atoms with Gasteiger partial charge in [0.05, 0.1) is 5.69 Å². The lowest BCUT2D eigenvalue weighted by atomic mass is 9.82. The Bertz CT molecular complexity index is 537. The fourth-order valence-electron chi connectivity index (χ4n) is 3.20. The second-order valence-corrected chi connectivity index (χ2v) is 6.44. The minimum absolute atomic E-state index is 0.0840. The van der Waals surface area contributed by atoms with E-state index in [0.29, 0.717) is 24.2 Å². The van der Waals surface area contributed by atoms with Gasteiger partial charge in [-0.15, -0.1) is 0 Å². The molecule has 5 nitrogen and oxygen atoms in total. The molecule has 1 aromatic rings. The van der Waals surface area contributed by atoms with Crippen molar-refractivity contribution in [1.82, 2.24) is 4.98 Å². The van der Waals surface area contributed by atoms with Crippen LogP contribution in [0.2, 0.25) is 0 Å². The van der Waals surface area contributed by atoms with Crippen LogP contribution < -0.4 is 11.1 Å². The average Bonchev–Trinajstić information content (AvgIpc) is 3.40. The largest absolute Gasteiger partial charge is 0.381 e. The Morgan fingerprint density at radius 1 is 1.36 bits per heavy atom. The van der Waals surface area contributed by atoms with Gasteiger partial charge in [0.15, 0.2) is 0 Å². The van der Waals surface area contributed by atoms with Crippen molar-refractivity contribution in [3.8, 4) is 0 Å². The van der Waals surface area contributed by atoms with Gasteiger partial charge in [-0.2, -0.15) is 0 Å². The average molecular weight is 303 g/mol. The minimum atomic E-state index is 0.0840. The van der Waals surface area contributed by atoms with Crippen molar-refractivity contribution >= 4 is 11.7 Å². The van der Waals surface area contributed by atoms with Gasteiger partial charge in [-0.25, -0.2) is 4.98 Å². The lowest BCUT2D eigenvalue weighted by Gasteiger charge is -2.29. The van der Waals surface area contributed by atoms with Crippen LogP contribution in [-0.2, 0) is 16.1 Å². The number of hydrogen-bond acceptors (Lipinski definition) is 4. The topological polar surface area (TPSA) is 77.2 Å². The van der Waals surface area contributed by atoms with E-state index in [0.717, 1.165) is 44.6 Å². The lowest BCUT2D eigenvalue weighted by Crippen LogP contribution is -2.22. The Morgan fingerprint density at radius 2 is 2.09 bits per heavy atom. The van der Waals surface area contributed by atoms with Gasteiger partial charge in [0, 0.05) is 25.7 Å². The van der Waals surface area contributed by atoms with Crippen molar-refractivity contribution in [2.45, 2.75) is 45.1 Å². The van der Waals surface area contributed by atoms with Crippen molar-refractivity contribution in [2.24, 2.45) is 17.6 Å². The second kappa shape index (κ2) is 6.75. The van der Waals surface area contributed by atoms with E-state index in [4.69, 9.17) is 10.5 Å². The maximum atomic E-state index is 11.8. The molecule has 3 rings (SSSR count). The summed E-state index contributed by atoms with van der Waals surface area (Å²) in [5, 5.41) is 2.90. The van der Waals surface area contributed by atoms with E-state index in [-0.39, 0.29) is 11.8 Å². The van der Waals surface area contributed by atoms with Crippen LogP contribution in [-0.4, -0.2) is 24.1 Å². The maximum absolute atomic E-state index is 11.8. The van der Waals surface area contributed by atoms with Gasteiger partial charge in [0.1, 0.15) is 5.82 Å². The van der Waals surface area contributed by atoms with Crippen molar-refractivity contribution in [3.63, 3.8) is 0 Å². The summed E-state index contributed by atoms with van der Waals surface area (Å²) in [7, 11) is 0. The molecule has 5 heteroatoms. The van der Waals surface area contributed by atoms with E-state index < -0.39 is 0 Å². The fraction of sp³-hybridized carbons (Fsp3) is 0.647. The van der Waals surface area contributed by atoms with Crippen LogP contribution >= 0.6 is 0 Å². The summed E-state index contributed by atoms with van der Waals surface area (Å²) >= 11 is 0. The smallest absolute Gasteiger partial charge is 0.228 e. The number of rotatable bonds is 5. The predicted molar refractivity (Wildman–Crippen MR) is 85.4 cm³/mol. The third-order valence-electron chi connectivity index (χ3n) is 4.87. The Balaban J connectivity index is 1.74. The summed E-state index contributed by atoms with van der Waals surface area (Å²) in [6, 6.07) is 3.99. The van der Waals surface area contributed by atoms with E-state index in [9.17, 15) is 4.79 Å². The Kier molecular flexibility index (Phi) is 4.74. The van der Waals surface area contributed by atoms with E-state index in [1.54, 1.807) is 0 Å². The first-order valence-electron chi connectivity index (χ1n) is 8.27. The zero-order valence-electron chi connectivity index (χ0n) is 13.2. The van der Waals surface area contributed by atoms with Crippen molar-refractivity contribution in [1.29, 1.82) is 0 Å². The van der Waals surface area contributed by atoms with Gasteiger partial charge in [0.2, 0.25) is 5.91 Å². The first kappa shape index (κ1) is 15.4. The molecule has 1 amide bonds. The maximum Gasteiger partial charge on any atom is 0.228 e. The number of carbonyl (C=O) groups excluding carboxylic acids is 1. The first-order valence-corrected chi connectivity index (χ1v) is 8.27. The number of hydrogen-bond donors (Lipinski definition) is 2. The number of nitrogens with one attached hydrogen (secondary N) is 1. The van der Waals surface area contributed by atoms with Crippen LogP contribution in [0, 0.1) is 11.8 Å². The molecule has 1 aliphatic carbocycles. The highest BCUT2D eigenvalue weighted by atomic mass is 16.5. The van der Waals surface area contributed by atoms with Crippen LogP contribution in [0.5, 0.6) is 0 Å². The van der Waals surface area contributed by atoms with E-state index in [1.165, 1.54) is 5.56 Å². The number of anilines is 1. The summed E-state index contributed by atoms with van der Waals surface area (Å²) in [6.07, 6.45) is 4.17. The molecular weight excluding hydrogens is 278 g/mol. The summed E-state index contributed by atoms with van der Waals surface area (Å²) < 4.78 is 5.45. The Labute approximate surface area is 131 Å². The lowest BCUT2D eigenvalue weighted by molar-refractivity contribution is -0.117. The van der Waals surface area contributed by atoms with Crippen molar-refractivity contribution in [3.05, 3.63) is 23.4 Å². The third kappa shape index (κ3) is 3.47. The molecule has 3 N–H and O–H groups in total. The Hall–Kier alpha value is -1.46. The SMILES string of the molecule is CC(c1ccc(NC(=O)C2CC2)nc1CN)C1CCOCC1. The number of pyridine rings is 1. The highest BCUT2D eigenvalue weighted by molar-refractivity contribution is 5.93. The molecule has 1 aromatic heterocycles. The predicted octanol–water partition coefficient (Wildman–Crippen LogP) is 2.42. The summed E-state index contributed by atoms with van der Waals surface area (Å²) in [4.78, 5) is 16.4. The van der Waals surface area contributed by atoms with Crippen LogP contribution in [0.25, 0.3) is 0 Å². The van der Waals surface area contributed by atoms with E-state index >= 15 is 0 Å². The monoisotopic (exact) mass is 303 g/mol. The van der Waals surface area contributed by atoms with Crippen LogP contribution in [0.4, 0.5) is 5.82 Å². The van der Waals surface area contributed by atoms with E-state index in [2.05, 4.69) is 23.3 Å². The van der Waals surface area contributed by atoms with Gasteiger partial charge in [0.25, 0.3) is 0 Å². The highest BCUT2D eigenvalue weighted by Crippen LogP contribution is 2.34. The molecule has 1 atom stereocenters. The molecule has 2 heterocycles. The molecule has 0 aromatic carbocycles. The van der Waals surface area contributed by atoms with Crippen molar-refractivity contribution in [2.75, 3.05) is 18.5 Å². The molecular formula is C17H25N3O2. The highest BCUT2D eigenvalue weighted by Gasteiger charge is 2.30. The molecule has 1 aliphatic heterocycles. The quantitative estimate of drug-likeness (QED) is 0.875. The number of nitrogens with two attached hydrogens (primary N) is 1. The number of carbonyl (C=O) groups is 1. The number of ether oxygens (including phenoxy) is 1. The fourth-order valence-corrected chi connectivity index (χ4v) is 3.20. The molecule has 2 fully saturated rings. The molecule has 0 bridgehead atoms. The normalized spacial score (nSPS) is 20.6. The van der Waals surface area contributed by atoms with Crippen molar-refractivity contribution < 1.29 is 9.53 Å². The molecule has 22 heavy (non-hydrogen) atoms. The minimum Gasteiger partial charge on any atom is -0.381 e. The van der Waals surface area contributed by atoms with Crippen LogP contribution in [0.15, 0.2) is 12.1 Å². The number of amides is 1. The van der Waals surface area contributed by atoms with Gasteiger partial charge in [-0.1, -0.05) is 13.0 Å². The summed E-state index contributed by atoms with van der Waals surface area (Å²) in [5.41, 5.74) is 7.99. The standard InChI is InChI=1S/C17H25N3O2/c1-11(12-6-8-22-9-7-12)14-4-5-16(19-15(14)10-18)20-17(21)13-2-3-13/h4-5,11-13H,2-3,6-10,18H2,1H3,(H,19,20,21). The van der Waals surface area contributed by atoms with Gasteiger partial charge in [-0.3, -0.25) is 4.79 Å².